The number of nitrogens with zero attached hydrogens (tertiary/aromatic N) is 1. The smallest absolute Gasteiger partial charge is 0.326 e. The number of hydrogen-bond acceptors (Lipinski definition) is 3. The summed E-state index contributed by atoms with van der Waals surface area (Å²) in [7, 11) is 1.47. The van der Waals surface area contributed by atoms with Crippen LogP contribution in [0.25, 0.3) is 0 Å². The Kier molecular flexibility index (Phi) is 4.83. The molecule has 0 saturated heterocycles. The van der Waals surface area contributed by atoms with Crippen LogP contribution in [-0.4, -0.2) is 41.6 Å². The Morgan fingerprint density at radius 3 is 2.62 bits per heavy atom. The first-order valence-corrected chi connectivity index (χ1v) is 7.22. The minimum Gasteiger partial charge on any atom is -0.484 e. The summed E-state index contributed by atoms with van der Waals surface area (Å²) in [5.74, 6) is -0.706. The lowest BCUT2D eigenvalue weighted by Gasteiger charge is -2.22. The molecule has 5 nitrogen and oxygen atoms in total. The molecule has 5 heteroatoms. The molecule has 1 aliphatic carbocycles. The summed E-state index contributed by atoms with van der Waals surface area (Å²) >= 11 is 0. The maximum absolute atomic E-state index is 11.9. The highest BCUT2D eigenvalue weighted by molar-refractivity contribution is 5.84. The zero-order chi connectivity index (χ0) is 15.4. The Hall–Kier alpha value is -2.04. The van der Waals surface area contributed by atoms with E-state index in [1.807, 2.05) is 12.1 Å². The van der Waals surface area contributed by atoms with E-state index in [0.29, 0.717) is 5.75 Å². The maximum Gasteiger partial charge on any atom is 0.326 e. The molecule has 0 radical (unpaired) electrons. The van der Waals surface area contributed by atoms with Crippen molar-refractivity contribution in [2.75, 3.05) is 13.7 Å². The van der Waals surface area contributed by atoms with Gasteiger partial charge in [0.05, 0.1) is 0 Å². The second-order valence-corrected chi connectivity index (χ2v) is 5.45. The summed E-state index contributed by atoms with van der Waals surface area (Å²) in [6.45, 7) is 1.33. The number of aryl methyl sites for hydroxylation is 2. The summed E-state index contributed by atoms with van der Waals surface area (Å²) in [4.78, 5) is 23.9. The van der Waals surface area contributed by atoms with Crippen molar-refractivity contribution < 1.29 is 19.4 Å². The molecule has 1 N–H and O–H groups in total. The molecule has 0 heterocycles. The van der Waals surface area contributed by atoms with Gasteiger partial charge in [-0.15, -0.1) is 0 Å². The molecule has 1 amide bonds. The van der Waals surface area contributed by atoms with Crippen LogP contribution in [0, 0.1) is 0 Å². The van der Waals surface area contributed by atoms with Crippen molar-refractivity contribution in [1.29, 1.82) is 0 Å². The number of benzene rings is 1. The van der Waals surface area contributed by atoms with Crippen molar-refractivity contribution in [3.8, 4) is 5.75 Å². The molecule has 114 valence electrons. The summed E-state index contributed by atoms with van der Waals surface area (Å²) in [6.07, 6.45) is 4.57. The quantitative estimate of drug-likeness (QED) is 0.899. The van der Waals surface area contributed by atoms with Crippen LogP contribution in [0.3, 0.4) is 0 Å². The van der Waals surface area contributed by atoms with Crippen LogP contribution < -0.4 is 4.74 Å². The Bertz CT molecular complexity index is 541. The van der Waals surface area contributed by atoms with Crippen LogP contribution in [0.15, 0.2) is 18.2 Å². The summed E-state index contributed by atoms with van der Waals surface area (Å²) in [5.41, 5.74) is 2.65. The first-order chi connectivity index (χ1) is 9.99. The number of rotatable bonds is 5. The molecular weight excluding hydrogens is 270 g/mol. The molecule has 1 unspecified atom stereocenters. The van der Waals surface area contributed by atoms with E-state index in [9.17, 15) is 9.59 Å². The topological polar surface area (TPSA) is 66.8 Å². The van der Waals surface area contributed by atoms with Crippen molar-refractivity contribution in [1.82, 2.24) is 4.90 Å². The summed E-state index contributed by atoms with van der Waals surface area (Å²) in [5, 5.41) is 8.88. The fourth-order valence-electron chi connectivity index (χ4n) is 2.43. The second-order valence-electron chi connectivity index (χ2n) is 5.45. The van der Waals surface area contributed by atoms with Crippen molar-refractivity contribution in [2.24, 2.45) is 0 Å². The van der Waals surface area contributed by atoms with Gasteiger partial charge in [0, 0.05) is 7.05 Å². The molecule has 0 saturated carbocycles. The molecule has 1 aromatic rings. The first kappa shape index (κ1) is 15.4. The molecular formula is C16H21NO4. The van der Waals surface area contributed by atoms with Gasteiger partial charge in [0.25, 0.3) is 5.91 Å². The van der Waals surface area contributed by atoms with E-state index in [4.69, 9.17) is 9.84 Å². The van der Waals surface area contributed by atoms with E-state index in [1.54, 1.807) is 0 Å². The standard InChI is InChI=1S/C16H21NO4/c1-11(16(19)20)17(2)15(18)10-21-14-8-7-12-5-3-4-6-13(12)9-14/h7-9,11H,3-6,10H2,1-2H3,(H,19,20). The van der Waals surface area contributed by atoms with E-state index in [0.717, 1.165) is 12.8 Å². The number of aliphatic carboxylic acids is 1. The van der Waals surface area contributed by atoms with Gasteiger partial charge in [-0.05, 0) is 55.9 Å². The summed E-state index contributed by atoms with van der Waals surface area (Å²) in [6, 6.07) is 5.06. The minimum absolute atomic E-state index is 0.146. The van der Waals surface area contributed by atoms with E-state index >= 15 is 0 Å². The van der Waals surface area contributed by atoms with Gasteiger partial charge in [-0.2, -0.15) is 0 Å². The number of ether oxygens (including phenoxy) is 1. The van der Waals surface area contributed by atoms with Gasteiger partial charge in [0.2, 0.25) is 0 Å². The van der Waals surface area contributed by atoms with Gasteiger partial charge in [-0.1, -0.05) is 6.07 Å². The van der Waals surface area contributed by atoms with Crippen molar-refractivity contribution in [3.05, 3.63) is 29.3 Å². The zero-order valence-corrected chi connectivity index (χ0v) is 12.5. The molecule has 0 bridgehead atoms. The number of carbonyl (C=O) groups is 2. The van der Waals surface area contributed by atoms with Crippen LogP contribution >= 0.6 is 0 Å². The predicted molar refractivity (Wildman–Crippen MR) is 78.4 cm³/mol. The Morgan fingerprint density at radius 1 is 1.29 bits per heavy atom. The third-order valence-corrected chi connectivity index (χ3v) is 4.01. The van der Waals surface area contributed by atoms with Gasteiger partial charge < -0.3 is 14.7 Å². The molecule has 0 aromatic heterocycles. The molecule has 1 atom stereocenters. The summed E-state index contributed by atoms with van der Waals surface area (Å²) < 4.78 is 5.50. The van der Waals surface area contributed by atoms with Crippen LogP contribution in [0.4, 0.5) is 0 Å². The average Bonchev–Trinajstić information content (AvgIpc) is 2.50. The molecule has 0 spiro atoms. The van der Waals surface area contributed by atoms with Gasteiger partial charge in [0.1, 0.15) is 11.8 Å². The van der Waals surface area contributed by atoms with Crippen LogP contribution in [0.5, 0.6) is 5.75 Å². The lowest BCUT2D eigenvalue weighted by Crippen LogP contribution is -2.42. The van der Waals surface area contributed by atoms with Crippen molar-refractivity contribution in [3.63, 3.8) is 0 Å². The molecule has 0 fully saturated rings. The third-order valence-electron chi connectivity index (χ3n) is 4.01. The highest BCUT2D eigenvalue weighted by atomic mass is 16.5. The van der Waals surface area contributed by atoms with E-state index in [2.05, 4.69) is 6.07 Å². The molecule has 1 aliphatic rings. The molecule has 0 aliphatic heterocycles. The number of likely N-dealkylation sites (N-methyl/N-ethyl adjacent to an activating group) is 1. The lowest BCUT2D eigenvalue weighted by atomic mass is 9.92. The number of hydrogen-bond donors (Lipinski definition) is 1. The Labute approximate surface area is 124 Å². The van der Waals surface area contributed by atoms with E-state index in [1.165, 1.54) is 42.8 Å². The fourth-order valence-corrected chi connectivity index (χ4v) is 2.43. The van der Waals surface area contributed by atoms with E-state index in [-0.39, 0.29) is 12.5 Å². The van der Waals surface area contributed by atoms with Gasteiger partial charge in [0.15, 0.2) is 6.61 Å². The number of carboxylic acid groups (broad SMARTS) is 1. The van der Waals surface area contributed by atoms with Crippen LogP contribution in [0.1, 0.15) is 30.9 Å². The monoisotopic (exact) mass is 291 g/mol. The maximum atomic E-state index is 11.9. The van der Waals surface area contributed by atoms with E-state index < -0.39 is 12.0 Å². The van der Waals surface area contributed by atoms with Gasteiger partial charge >= 0.3 is 5.97 Å². The normalized spacial score (nSPS) is 15.0. The Morgan fingerprint density at radius 2 is 1.95 bits per heavy atom. The molecule has 21 heavy (non-hydrogen) atoms. The minimum atomic E-state index is -1.03. The lowest BCUT2D eigenvalue weighted by molar-refractivity contribution is -0.148. The number of carbonyl (C=O) groups excluding carboxylic acids is 1. The van der Waals surface area contributed by atoms with Crippen molar-refractivity contribution >= 4 is 11.9 Å². The first-order valence-electron chi connectivity index (χ1n) is 7.22. The largest absolute Gasteiger partial charge is 0.484 e. The van der Waals surface area contributed by atoms with Crippen LogP contribution in [0.2, 0.25) is 0 Å². The SMILES string of the molecule is CC(C(=O)O)N(C)C(=O)COc1ccc2c(c1)CCCC2. The molecule has 1 aromatic carbocycles. The van der Waals surface area contributed by atoms with Crippen LogP contribution in [-0.2, 0) is 22.4 Å². The predicted octanol–water partition coefficient (Wildman–Crippen LogP) is 1.88. The average molecular weight is 291 g/mol. The third kappa shape index (κ3) is 3.74. The Balaban J connectivity index is 1.93. The van der Waals surface area contributed by atoms with Gasteiger partial charge in [-0.25, -0.2) is 4.79 Å². The number of carboxylic acids is 1. The fraction of sp³-hybridized carbons (Fsp3) is 0.500. The highest BCUT2D eigenvalue weighted by Crippen LogP contribution is 2.25. The second kappa shape index (κ2) is 6.61. The van der Waals surface area contributed by atoms with Crippen molar-refractivity contribution in [2.45, 2.75) is 38.6 Å². The number of amides is 1. The zero-order valence-electron chi connectivity index (χ0n) is 12.5. The van der Waals surface area contributed by atoms with Gasteiger partial charge in [-0.3, -0.25) is 4.79 Å². The highest BCUT2D eigenvalue weighted by Gasteiger charge is 2.22. The number of fused-ring (bicyclic) bond motifs is 1. The molecule has 2 rings (SSSR count).